The molecule has 1 heteroatoms. The van der Waals surface area contributed by atoms with E-state index in [-0.39, 0.29) is 5.41 Å². The lowest BCUT2D eigenvalue weighted by atomic mass is 9.79. The molecule has 0 bridgehead atoms. The van der Waals surface area contributed by atoms with Crippen LogP contribution in [0.1, 0.15) is 38.3 Å². The molecule has 272 valence electrons. The van der Waals surface area contributed by atoms with E-state index in [1.807, 2.05) is 0 Å². The van der Waals surface area contributed by atoms with Crippen molar-refractivity contribution < 1.29 is 0 Å². The van der Waals surface area contributed by atoms with Gasteiger partial charge in [0.1, 0.15) is 0 Å². The molecule has 0 heterocycles. The average molecular weight is 730 g/mol. The van der Waals surface area contributed by atoms with Crippen LogP contribution in [-0.4, -0.2) is 0 Å². The maximum absolute atomic E-state index is 2.49. The van der Waals surface area contributed by atoms with E-state index in [1.165, 1.54) is 93.3 Å². The maximum atomic E-state index is 2.49. The summed E-state index contributed by atoms with van der Waals surface area (Å²) in [4.78, 5) is 2.49. The Balaban J connectivity index is 1.03. The molecule has 2 aliphatic rings. The summed E-state index contributed by atoms with van der Waals surface area (Å²) < 4.78 is 0. The lowest BCUT2D eigenvalue weighted by Crippen LogP contribution is -2.17. The van der Waals surface area contributed by atoms with Crippen LogP contribution in [-0.2, 0) is 5.41 Å². The molecule has 0 fully saturated rings. The van der Waals surface area contributed by atoms with Gasteiger partial charge in [-0.3, -0.25) is 0 Å². The van der Waals surface area contributed by atoms with Gasteiger partial charge < -0.3 is 4.90 Å². The summed E-state index contributed by atoms with van der Waals surface area (Å²) in [6.07, 6.45) is 5.85. The van der Waals surface area contributed by atoms with Crippen molar-refractivity contribution in [3.8, 4) is 22.3 Å². The zero-order valence-corrected chi connectivity index (χ0v) is 32.6. The fraction of sp³-hybridized carbons (Fsp3) is 0.107. The van der Waals surface area contributed by atoms with Gasteiger partial charge in [0.15, 0.2) is 0 Å². The molecule has 1 atom stereocenters. The molecule has 0 radical (unpaired) electrons. The molecular formula is C56H43N. The van der Waals surface area contributed by atoms with Crippen molar-refractivity contribution in [3.63, 3.8) is 0 Å². The highest BCUT2D eigenvalue weighted by Gasteiger charge is 2.40. The predicted octanol–water partition coefficient (Wildman–Crippen LogP) is 15.7. The maximum Gasteiger partial charge on any atom is 0.0539 e. The normalized spacial score (nSPS) is 15.7. The SMILES string of the molecule is CC1C=CC2=C(C1)c1c(N(c3ccc(-c4ccc5ccccc5c4)cc3)c3ccc(-c4ccc5c(ccc6ccc7ccccc7c65)c4)cc3)cccc1C2(C)C. The van der Waals surface area contributed by atoms with Gasteiger partial charge in [0, 0.05) is 22.4 Å². The van der Waals surface area contributed by atoms with Crippen molar-refractivity contribution in [3.05, 3.63) is 205 Å². The number of anilines is 3. The lowest BCUT2D eigenvalue weighted by Gasteiger charge is -2.30. The van der Waals surface area contributed by atoms with Gasteiger partial charge in [-0.1, -0.05) is 166 Å². The number of hydrogen-bond acceptors (Lipinski definition) is 1. The molecule has 0 saturated carbocycles. The van der Waals surface area contributed by atoms with Gasteiger partial charge in [-0.15, -0.1) is 0 Å². The van der Waals surface area contributed by atoms with Gasteiger partial charge >= 0.3 is 0 Å². The Morgan fingerprint density at radius 2 is 1.05 bits per heavy atom. The van der Waals surface area contributed by atoms with Gasteiger partial charge in [-0.25, -0.2) is 0 Å². The van der Waals surface area contributed by atoms with Crippen LogP contribution in [0.5, 0.6) is 0 Å². The highest BCUT2D eigenvalue weighted by Crippen LogP contribution is 2.55. The third-order valence-electron chi connectivity index (χ3n) is 12.8. The molecule has 11 rings (SSSR count). The minimum absolute atomic E-state index is 0.0551. The number of nitrogens with zero attached hydrogens (tertiary/aromatic N) is 1. The standard InChI is InChI=1S/C56H43N/c1-36-15-32-51-50(33-36)55-52(56(51,2)3)13-8-14-53(55)57(46-27-22-38(23-28-46)43-20-16-37-9-4-5-11-42(37)34-43)47-29-24-39(25-30-47)44-26-31-49-45(35-44)21-19-41-18-17-40-10-6-7-12-48(40)54(41)49/h4-32,34-36H,33H2,1-3H3. The second-order valence-corrected chi connectivity index (χ2v) is 16.6. The third kappa shape index (κ3) is 5.45. The van der Waals surface area contributed by atoms with Gasteiger partial charge in [0.05, 0.1) is 5.69 Å². The average Bonchev–Trinajstić information content (AvgIpc) is 3.49. The van der Waals surface area contributed by atoms with Gasteiger partial charge in [0.2, 0.25) is 0 Å². The van der Waals surface area contributed by atoms with Crippen LogP contribution in [0.25, 0.3) is 70.9 Å². The van der Waals surface area contributed by atoms with Crippen LogP contribution >= 0.6 is 0 Å². The first kappa shape index (κ1) is 33.6. The summed E-state index contributed by atoms with van der Waals surface area (Å²) in [5, 5.41) is 10.3. The second kappa shape index (κ2) is 12.9. The fourth-order valence-corrected chi connectivity index (χ4v) is 9.81. The van der Waals surface area contributed by atoms with E-state index in [1.54, 1.807) is 0 Å². The van der Waals surface area contributed by atoms with Gasteiger partial charge in [-0.05, 0) is 137 Å². The molecule has 0 spiro atoms. The lowest BCUT2D eigenvalue weighted by molar-refractivity contribution is 0.643. The van der Waals surface area contributed by atoms with Crippen molar-refractivity contribution >= 4 is 65.7 Å². The fourth-order valence-electron chi connectivity index (χ4n) is 9.81. The molecule has 1 unspecified atom stereocenters. The molecule has 0 N–H and O–H groups in total. The van der Waals surface area contributed by atoms with Crippen LogP contribution in [0, 0.1) is 5.92 Å². The number of rotatable bonds is 5. The second-order valence-electron chi connectivity index (χ2n) is 16.6. The van der Waals surface area contributed by atoms with Crippen molar-refractivity contribution in [2.24, 2.45) is 5.92 Å². The zero-order chi connectivity index (χ0) is 38.3. The molecule has 0 aliphatic heterocycles. The van der Waals surface area contributed by atoms with Crippen molar-refractivity contribution in [2.75, 3.05) is 4.90 Å². The highest BCUT2D eigenvalue weighted by atomic mass is 15.1. The van der Waals surface area contributed by atoms with E-state index in [4.69, 9.17) is 0 Å². The van der Waals surface area contributed by atoms with E-state index in [2.05, 4.69) is 214 Å². The van der Waals surface area contributed by atoms with Crippen LogP contribution < -0.4 is 4.90 Å². The third-order valence-corrected chi connectivity index (χ3v) is 12.8. The van der Waals surface area contributed by atoms with Crippen molar-refractivity contribution in [1.82, 2.24) is 0 Å². The molecule has 1 nitrogen and oxygen atoms in total. The molecule has 0 amide bonds. The number of benzene rings is 9. The van der Waals surface area contributed by atoms with Gasteiger partial charge in [-0.2, -0.15) is 0 Å². The highest BCUT2D eigenvalue weighted by molar-refractivity contribution is 6.20. The molecule has 9 aromatic carbocycles. The molecule has 9 aromatic rings. The Bertz CT molecular complexity index is 3120. The number of allylic oxidation sites excluding steroid dienone is 4. The topological polar surface area (TPSA) is 3.24 Å². The zero-order valence-electron chi connectivity index (χ0n) is 32.6. The van der Waals surface area contributed by atoms with Crippen LogP contribution in [0.15, 0.2) is 194 Å². The van der Waals surface area contributed by atoms with Crippen LogP contribution in [0.4, 0.5) is 17.1 Å². The molecule has 0 saturated heterocycles. The summed E-state index contributed by atoms with van der Waals surface area (Å²) in [7, 11) is 0. The molecular weight excluding hydrogens is 687 g/mol. The van der Waals surface area contributed by atoms with E-state index in [0.717, 1.165) is 17.8 Å². The first-order valence-corrected chi connectivity index (χ1v) is 20.3. The molecule has 57 heavy (non-hydrogen) atoms. The monoisotopic (exact) mass is 729 g/mol. The Morgan fingerprint density at radius 1 is 0.491 bits per heavy atom. The number of fused-ring (bicyclic) bond motifs is 8. The van der Waals surface area contributed by atoms with E-state index in [9.17, 15) is 0 Å². The van der Waals surface area contributed by atoms with Crippen molar-refractivity contribution in [1.29, 1.82) is 0 Å². The Hall–Kier alpha value is -6.70. The largest absolute Gasteiger partial charge is 0.310 e. The summed E-state index contributed by atoms with van der Waals surface area (Å²) in [5.74, 6) is 0.506. The smallest absolute Gasteiger partial charge is 0.0539 e. The Labute approximate surface area is 334 Å². The van der Waals surface area contributed by atoms with E-state index < -0.39 is 0 Å². The van der Waals surface area contributed by atoms with Crippen molar-refractivity contribution in [2.45, 2.75) is 32.6 Å². The van der Waals surface area contributed by atoms with Crippen LogP contribution in [0.2, 0.25) is 0 Å². The first-order chi connectivity index (χ1) is 27.9. The van der Waals surface area contributed by atoms with E-state index in [0.29, 0.717) is 5.92 Å². The minimum Gasteiger partial charge on any atom is -0.310 e. The Kier molecular flexibility index (Phi) is 7.63. The summed E-state index contributed by atoms with van der Waals surface area (Å²) in [6.45, 7) is 7.13. The Morgan fingerprint density at radius 3 is 1.79 bits per heavy atom. The summed E-state index contributed by atoms with van der Waals surface area (Å²) in [6, 6.07) is 65.4. The molecule has 2 aliphatic carbocycles. The predicted molar refractivity (Wildman–Crippen MR) is 245 cm³/mol. The van der Waals surface area contributed by atoms with Gasteiger partial charge in [0.25, 0.3) is 0 Å². The summed E-state index contributed by atoms with van der Waals surface area (Å²) in [5.41, 5.74) is 14.1. The number of hydrogen-bond donors (Lipinski definition) is 0. The quantitative estimate of drug-likeness (QED) is 0.159. The molecule has 0 aromatic heterocycles. The van der Waals surface area contributed by atoms with Crippen LogP contribution in [0.3, 0.4) is 0 Å². The van der Waals surface area contributed by atoms with E-state index >= 15 is 0 Å². The minimum atomic E-state index is -0.0551. The summed E-state index contributed by atoms with van der Waals surface area (Å²) >= 11 is 0. The first-order valence-electron chi connectivity index (χ1n) is 20.3.